The molecule has 0 aromatic heterocycles. The maximum atomic E-state index is 9.18. The molecular weight excluding hydrogens is 226 g/mol. The van der Waals surface area contributed by atoms with Crippen molar-refractivity contribution < 1.29 is 9.84 Å². The highest BCUT2D eigenvalue weighted by Crippen LogP contribution is 2.19. The van der Waals surface area contributed by atoms with E-state index in [-0.39, 0.29) is 11.7 Å². The monoisotopic (exact) mass is 243 g/mol. The summed E-state index contributed by atoms with van der Waals surface area (Å²) in [6, 6.07) is 16.8. The summed E-state index contributed by atoms with van der Waals surface area (Å²) in [5, 5.41) is 9.18. The standard InChI is InChI=1S/C15H17NO2/c16-10-13(12-4-2-1-3-5-12)11-18-15-8-6-14(17)7-9-15/h1-9,13,17H,10-11,16H2. The van der Waals surface area contributed by atoms with Gasteiger partial charge in [0.2, 0.25) is 0 Å². The Balaban J connectivity index is 1.97. The molecule has 18 heavy (non-hydrogen) atoms. The van der Waals surface area contributed by atoms with Crippen LogP contribution in [0.3, 0.4) is 0 Å². The Bertz CT molecular complexity index is 468. The van der Waals surface area contributed by atoms with E-state index in [0.29, 0.717) is 13.2 Å². The van der Waals surface area contributed by atoms with Crippen LogP contribution >= 0.6 is 0 Å². The molecule has 0 aliphatic heterocycles. The van der Waals surface area contributed by atoms with Gasteiger partial charge in [-0.25, -0.2) is 0 Å². The van der Waals surface area contributed by atoms with Gasteiger partial charge >= 0.3 is 0 Å². The van der Waals surface area contributed by atoms with E-state index in [4.69, 9.17) is 10.5 Å². The molecule has 2 aromatic rings. The highest BCUT2D eigenvalue weighted by molar-refractivity contribution is 5.30. The molecule has 1 atom stereocenters. The lowest BCUT2D eigenvalue weighted by molar-refractivity contribution is 0.290. The van der Waals surface area contributed by atoms with Gasteiger partial charge in [-0.1, -0.05) is 30.3 Å². The van der Waals surface area contributed by atoms with Gasteiger partial charge in [0.05, 0.1) is 6.61 Å². The number of hydrogen-bond donors (Lipinski definition) is 2. The lowest BCUT2D eigenvalue weighted by atomic mass is 10.0. The van der Waals surface area contributed by atoms with Crippen LogP contribution in [0, 0.1) is 0 Å². The van der Waals surface area contributed by atoms with Crippen LogP contribution in [0.15, 0.2) is 54.6 Å². The van der Waals surface area contributed by atoms with Gasteiger partial charge in [-0.2, -0.15) is 0 Å². The first kappa shape index (κ1) is 12.5. The van der Waals surface area contributed by atoms with Crippen molar-refractivity contribution in [1.82, 2.24) is 0 Å². The molecule has 0 amide bonds. The zero-order chi connectivity index (χ0) is 12.8. The third-order valence-electron chi connectivity index (χ3n) is 2.84. The van der Waals surface area contributed by atoms with Crippen molar-refractivity contribution in [3.05, 3.63) is 60.2 Å². The summed E-state index contributed by atoms with van der Waals surface area (Å²) in [6.07, 6.45) is 0. The van der Waals surface area contributed by atoms with Crippen LogP contribution in [0.5, 0.6) is 11.5 Å². The third kappa shape index (κ3) is 3.25. The Morgan fingerprint density at radius 1 is 1.00 bits per heavy atom. The molecule has 0 fully saturated rings. The Hall–Kier alpha value is -2.00. The van der Waals surface area contributed by atoms with Gasteiger partial charge in [0.15, 0.2) is 0 Å². The Morgan fingerprint density at radius 2 is 1.67 bits per heavy atom. The minimum atomic E-state index is 0.181. The molecule has 3 nitrogen and oxygen atoms in total. The van der Waals surface area contributed by atoms with Gasteiger partial charge in [0.1, 0.15) is 11.5 Å². The average Bonchev–Trinajstić information content (AvgIpc) is 2.43. The number of rotatable bonds is 5. The van der Waals surface area contributed by atoms with Crippen molar-refractivity contribution in [3.63, 3.8) is 0 Å². The highest BCUT2D eigenvalue weighted by atomic mass is 16.5. The van der Waals surface area contributed by atoms with E-state index in [0.717, 1.165) is 5.75 Å². The molecule has 2 aromatic carbocycles. The summed E-state index contributed by atoms with van der Waals surface area (Å²) in [7, 11) is 0. The van der Waals surface area contributed by atoms with E-state index in [2.05, 4.69) is 12.1 Å². The molecule has 0 spiro atoms. The second-order valence-electron chi connectivity index (χ2n) is 4.15. The van der Waals surface area contributed by atoms with Crippen LogP contribution in [0.2, 0.25) is 0 Å². The van der Waals surface area contributed by atoms with E-state index < -0.39 is 0 Å². The number of benzene rings is 2. The molecular formula is C15H17NO2. The van der Waals surface area contributed by atoms with Crippen molar-refractivity contribution in [2.24, 2.45) is 5.73 Å². The van der Waals surface area contributed by atoms with Gasteiger partial charge in [0.25, 0.3) is 0 Å². The summed E-state index contributed by atoms with van der Waals surface area (Å²) in [4.78, 5) is 0. The maximum absolute atomic E-state index is 9.18. The molecule has 3 N–H and O–H groups in total. The second-order valence-corrected chi connectivity index (χ2v) is 4.15. The molecule has 0 aliphatic carbocycles. The van der Waals surface area contributed by atoms with Crippen molar-refractivity contribution in [1.29, 1.82) is 0 Å². The Morgan fingerprint density at radius 3 is 2.28 bits per heavy atom. The van der Waals surface area contributed by atoms with E-state index in [1.165, 1.54) is 5.56 Å². The van der Waals surface area contributed by atoms with Crippen LogP contribution in [-0.2, 0) is 0 Å². The minimum absolute atomic E-state index is 0.181. The van der Waals surface area contributed by atoms with Crippen molar-refractivity contribution >= 4 is 0 Å². The van der Waals surface area contributed by atoms with E-state index >= 15 is 0 Å². The number of phenols is 1. The summed E-state index contributed by atoms with van der Waals surface area (Å²) >= 11 is 0. The van der Waals surface area contributed by atoms with E-state index in [1.807, 2.05) is 18.2 Å². The predicted molar refractivity (Wildman–Crippen MR) is 71.8 cm³/mol. The minimum Gasteiger partial charge on any atom is -0.508 e. The topological polar surface area (TPSA) is 55.5 Å². The normalized spacial score (nSPS) is 12.1. The Labute approximate surface area is 107 Å². The zero-order valence-corrected chi connectivity index (χ0v) is 10.1. The largest absolute Gasteiger partial charge is 0.508 e. The van der Waals surface area contributed by atoms with Gasteiger partial charge in [0, 0.05) is 12.5 Å². The van der Waals surface area contributed by atoms with E-state index in [1.54, 1.807) is 24.3 Å². The molecule has 94 valence electrons. The molecule has 0 radical (unpaired) electrons. The lowest BCUT2D eigenvalue weighted by Gasteiger charge is -2.16. The molecule has 0 heterocycles. The maximum Gasteiger partial charge on any atom is 0.119 e. The molecule has 1 unspecified atom stereocenters. The molecule has 0 bridgehead atoms. The SMILES string of the molecule is NCC(COc1ccc(O)cc1)c1ccccc1. The summed E-state index contributed by atoms with van der Waals surface area (Å²) in [6.45, 7) is 1.08. The van der Waals surface area contributed by atoms with E-state index in [9.17, 15) is 5.11 Å². The second kappa shape index (κ2) is 6.07. The van der Waals surface area contributed by atoms with Crippen LogP contribution in [0.4, 0.5) is 0 Å². The fourth-order valence-corrected chi connectivity index (χ4v) is 1.76. The van der Waals surface area contributed by atoms with Gasteiger partial charge in [-0.15, -0.1) is 0 Å². The summed E-state index contributed by atoms with van der Waals surface area (Å²) in [5.41, 5.74) is 6.95. The molecule has 0 saturated carbocycles. The third-order valence-corrected chi connectivity index (χ3v) is 2.84. The summed E-state index contributed by atoms with van der Waals surface area (Å²) < 4.78 is 5.68. The van der Waals surface area contributed by atoms with Gasteiger partial charge < -0.3 is 15.6 Å². The molecule has 2 rings (SSSR count). The molecule has 3 heteroatoms. The zero-order valence-electron chi connectivity index (χ0n) is 10.1. The first-order valence-electron chi connectivity index (χ1n) is 5.96. The predicted octanol–water partition coefficient (Wildman–Crippen LogP) is 2.51. The van der Waals surface area contributed by atoms with Crippen LogP contribution in [0.1, 0.15) is 11.5 Å². The van der Waals surface area contributed by atoms with Crippen LogP contribution < -0.4 is 10.5 Å². The van der Waals surface area contributed by atoms with Crippen LogP contribution in [-0.4, -0.2) is 18.3 Å². The van der Waals surface area contributed by atoms with Gasteiger partial charge in [-0.05, 0) is 29.8 Å². The highest BCUT2D eigenvalue weighted by Gasteiger charge is 2.10. The number of phenolic OH excluding ortho intramolecular Hbond substituents is 1. The molecule has 0 aliphatic rings. The van der Waals surface area contributed by atoms with Crippen molar-refractivity contribution in [2.45, 2.75) is 5.92 Å². The van der Waals surface area contributed by atoms with Crippen molar-refractivity contribution in [3.8, 4) is 11.5 Å². The Kier molecular flexibility index (Phi) is 4.20. The first-order valence-corrected chi connectivity index (χ1v) is 5.96. The number of aromatic hydroxyl groups is 1. The van der Waals surface area contributed by atoms with Crippen LogP contribution in [0.25, 0.3) is 0 Å². The number of hydrogen-bond acceptors (Lipinski definition) is 3. The molecule has 0 saturated heterocycles. The number of nitrogens with two attached hydrogens (primary N) is 1. The smallest absolute Gasteiger partial charge is 0.119 e. The number of ether oxygens (including phenoxy) is 1. The summed E-state index contributed by atoms with van der Waals surface area (Å²) in [5.74, 6) is 1.16. The fraction of sp³-hybridized carbons (Fsp3) is 0.200. The fourth-order valence-electron chi connectivity index (χ4n) is 1.76. The van der Waals surface area contributed by atoms with Crippen molar-refractivity contribution in [2.75, 3.05) is 13.2 Å². The quantitative estimate of drug-likeness (QED) is 0.848. The average molecular weight is 243 g/mol. The first-order chi connectivity index (χ1) is 8.79. The van der Waals surface area contributed by atoms with Gasteiger partial charge in [-0.3, -0.25) is 0 Å². The lowest BCUT2D eigenvalue weighted by Crippen LogP contribution is -2.19.